The molecular weight excluding hydrogens is 240 g/mol. The lowest BCUT2D eigenvalue weighted by Gasteiger charge is -2.46. The van der Waals surface area contributed by atoms with Crippen molar-refractivity contribution in [3.63, 3.8) is 0 Å². The maximum absolute atomic E-state index is 12.3. The van der Waals surface area contributed by atoms with Crippen LogP contribution >= 0.6 is 0 Å². The maximum atomic E-state index is 12.3. The third-order valence-corrected chi connectivity index (χ3v) is 4.61. The van der Waals surface area contributed by atoms with Gasteiger partial charge in [0.25, 0.3) is 11.8 Å². The van der Waals surface area contributed by atoms with E-state index in [1.165, 1.54) is 17.7 Å². The molecule has 3 heterocycles. The molecule has 2 bridgehead atoms. The molecule has 0 aromatic heterocycles. The third kappa shape index (κ3) is 1.63. The van der Waals surface area contributed by atoms with E-state index in [9.17, 15) is 9.59 Å². The summed E-state index contributed by atoms with van der Waals surface area (Å²) < 4.78 is 0. The van der Waals surface area contributed by atoms with Crippen molar-refractivity contribution in [1.29, 1.82) is 0 Å². The van der Waals surface area contributed by atoms with Gasteiger partial charge >= 0.3 is 0 Å². The molecule has 1 aromatic rings. The number of nitrogens with zero attached hydrogens (tertiary/aromatic N) is 1. The summed E-state index contributed by atoms with van der Waals surface area (Å²) in [5, 5.41) is 3.53. The Hall–Kier alpha value is -1.68. The van der Waals surface area contributed by atoms with Crippen molar-refractivity contribution in [3.8, 4) is 0 Å². The summed E-state index contributed by atoms with van der Waals surface area (Å²) in [5.74, 6) is 0.523. The monoisotopic (exact) mass is 256 g/mol. The molecule has 0 spiro atoms. The van der Waals surface area contributed by atoms with E-state index in [2.05, 4.69) is 5.32 Å². The Labute approximate surface area is 111 Å². The van der Waals surface area contributed by atoms with Crippen LogP contribution in [0.3, 0.4) is 0 Å². The predicted octanol–water partition coefficient (Wildman–Crippen LogP) is 1.42. The van der Waals surface area contributed by atoms with Gasteiger partial charge in [0.05, 0.1) is 11.1 Å². The molecule has 98 valence electrons. The van der Waals surface area contributed by atoms with Crippen LogP contribution in [0.2, 0.25) is 0 Å². The second-order valence-electron chi connectivity index (χ2n) is 5.90. The molecular formula is C15H16N2O2. The Kier molecular flexibility index (Phi) is 2.30. The fraction of sp³-hybridized carbons (Fsp3) is 0.467. The zero-order valence-electron chi connectivity index (χ0n) is 10.6. The Morgan fingerprint density at radius 2 is 1.68 bits per heavy atom. The van der Waals surface area contributed by atoms with Gasteiger partial charge in [-0.25, -0.2) is 0 Å². The lowest BCUT2D eigenvalue weighted by molar-refractivity contribution is 0.0556. The van der Waals surface area contributed by atoms with Crippen molar-refractivity contribution >= 4 is 11.8 Å². The Morgan fingerprint density at radius 3 is 2.21 bits per heavy atom. The van der Waals surface area contributed by atoms with Gasteiger partial charge in [-0.05, 0) is 37.3 Å². The van der Waals surface area contributed by atoms with Gasteiger partial charge in [0.15, 0.2) is 0 Å². The maximum Gasteiger partial charge on any atom is 0.261 e. The average molecular weight is 256 g/mol. The molecule has 1 aliphatic carbocycles. The molecule has 2 saturated heterocycles. The van der Waals surface area contributed by atoms with Crippen molar-refractivity contribution in [2.45, 2.75) is 31.3 Å². The number of piperidine rings is 2. The summed E-state index contributed by atoms with van der Waals surface area (Å²) >= 11 is 0. The number of amides is 2. The number of hydrogen-bond acceptors (Lipinski definition) is 3. The van der Waals surface area contributed by atoms with Crippen LogP contribution in [0.4, 0.5) is 0 Å². The van der Waals surface area contributed by atoms with E-state index in [4.69, 9.17) is 0 Å². The molecule has 1 saturated carbocycles. The predicted molar refractivity (Wildman–Crippen MR) is 69.9 cm³/mol. The minimum Gasteiger partial charge on any atom is -0.309 e. The molecule has 1 unspecified atom stereocenters. The first-order chi connectivity index (χ1) is 9.22. The van der Waals surface area contributed by atoms with E-state index < -0.39 is 0 Å². The summed E-state index contributed by atoms with van der Waals surface area (Å²) in [5.41, 5.74) is 1.10. The van der Waals surface area contributed by atoms with Crippen molar-refractivity contribution in [2.24, 2.45) is 5.92 Å². The number of rotatable bonds is 2. The van der Waals surface area contributed by atoms with Gasteiger partial charge in [0.2, 0.25) is 0 Å². The zero-order valence-corrected chi connectivity index (χ0v) is 10.6. The number of carbonyl (C=O) groups is 2. The van der Waals surface area contributed by atoms with E-state index >= 15 is 0 Å². The lowest BCUT2D eigenvalue weighted by atomic mass is 9.72. The smallest absolute Gasteiger partial charge is 0.261 e. The van der Waals surface area contributed by atoms with Crippen LogP contribution in [-0.4, -0.2) is 35.3 Å². The molecule has 2 amide bonds. The number of carbonyl (C=O) groups excluding carboxylic acids is 2. The highest BCUT2D eigenvalue weighted by Crippen LogP contribution is 2.37. The Bertz CT molecular complexity index is 518. The second kappa shape index (κ2) is 3.90. The minimum atomic E-state index is -0.137. The van der Waals surface area contributed by atoms with Crippen molar-refractivity contribution in [3.05, 3.63) is 35.4 Å². The van der Waals surface area contributed by atoms with Crippen LogP contribution in [0.1, 0.15) is 40.0 Å². The van der Waals surface area contributed by atoms with Crippen LogP contribution in [0, 0.1) is 5.92 Å². The fourth-order valence-corrected chi connectivity index (χ4v) is 3.62. The first-order valence-electron chi connectivity index (χ1n) is 6.93. The van der Waals surface area contributed by atoms with E-state index in [0.717, 1.165) is 12.3 Å². The Balaban J connectivity index is 1.54. The number of hydrogen-bond donors (Lipinski definition) is 1. The summed E-state index contributed by atoms with van der Waals surface area (Å²) in [6, 6.07) is 7.98. The van der Waals surface area contributed by atoms with Gasteiger partial charge in [-0.15, -0.1) is 0 Å². The van der Waals surface area contributed by atoms with Gasteiger partial charge in [-0.1, -0.05) is 12.1 Å². The number of imide groups is 1. The standard InChI is InChI=1S/C15H16N2O2/c18-14-12-3-1-2-4-13(12)15(19)17(14)8-11-7-9-5-10(6-9)16-11/h1-4,9-11,16H,5-8H2. The second-order valence-corrected chi connectivity index (χ2v) is 5.90. The van der Waals surface area contributed by atoms with Gasteiger partial charge < -0.3 is 5.32 Å². The highest BCUT2D eigenvalue weighted by molar-refractivity contribution is 6.21. The van der Waals surface area contributed by atoms with E-state index in [1.807, 2.05) is 12.1 Å². The molecule has 1 aromatic carbocycles. The van der Waals surface area contributed by atoms with Crippen LogP contribution in [0.25, 0.3) is 0 Å². The summed E-state index contributed by atoms with van der Waals surface area (Å²) in [4.78, 5) is 25.9. The molecule has 5 rings (SSSR count). The molecule has 1 atom stereocenters. The van der Waals surface area contributed by atoms with Crippen molar-refractivity contribution in [2.75, 3.05) is 6.54 Å². The third-order valence-electron chi connectivity index (χ3n) is 4.61. The molecule has 3 fully saturated rings. The Morgan fingerprint density at radius 1 is 1.05 bits per heavy atom. The van der Waals surface area contributed by atoms with E-state index in [1.54, 1.807) is 12.1 Å². The number of benzene rings is 1. The topological polar surface area (TPSA) is 49.4 Å². The minimum absolute atomic E-state index is 0.137. The average Bonchev–Trinajstić information content (AvgIpc) is 2.64. The first-order valence-corrected chi connectivity index (χ1v) is 6.93. The molecule has 1 N–H and O–H groups in total. The normalized spacial score (nSPS) is 32.2. The number of nitrogens with one attached hydrogen (secondary N) is 1. The molecule has 4 aliphatic rings. The van der Waals surface area contributed by atoms with Crippen LogP contribution in [0.15, 0.2) is 24.3 Å². The molecule has 4 heteroatoms. The van der Waals surface area contributed by atoms with Gasteiger partial charge in [0, 0.05) is 18.6 Å². The van der Waals surface area contributed by atoms with Gasteiger partial charge in [-0.3, -0.25) is 14.5 Å². The summed E-state index contributed by atoms with van der Waals surface area (Å²) in [6.07, 6.45) is 3.61. The van der Waals surface area contributed by atoms with E-state index in [-0.39, 0.29) is 17.9 Å². The lowest BCUT2D eigenvalue weighted by Crippen LogP contribution is -2.57. The molecule has 4 nitrogen and oxygen atoms in total. The van der Waals surface area contributed by atoms with Crippen LogP contribution in [-0.2, 0) is 0 Å². The van der Waals surface area contributed by atoms with Gasteiger partial charge in [0.1, 0.15) is 0 Å². The number of fused-ring (bicyclic) bond motifs is 3. The highest BCUT2D eigenvalue weighted by atomic mass is 16.2. The van der Waals surface area contributed by atoms with Crippen LogP contribution in [0.5, 0.6) is 0 Å². The fourth-order valence-electron chi connectivity index (χ4n) is 3.62. The zero-order chi connectivity index (χ0) is 13.0. The summed E-state index contributed by atoms with van der Waals surface area (Å²) in [7, 11) is 0. The van der Waals surface area contributed by atoms with Gasteiger partial charge in [-0.2, -0.15) is 0 Å². The molecule has 0 radical (unpaired) electrons. The molecule has 19 heavy (non-hydrogen) atoms. The highest BCUT2D eigenvalue weighted by Gasteiger charge is 2.41. The largest absolute Gasteiger partial charge is 0.309 e. The summed E-state index contributed by atoms with van der Waals surface area (Å²) in [6.45, 7) is 0.513. The SMILES string of the molecule is O=C1c2ccccc2C(=O)N1CC1CC2CC(C2)N1. The van der Waals surface area contributed by atoms with Crippen LogP contribution < -0.4 is 5.32 Å². The van der Waals surface area contributed by atoms with E-state index in [0.29, 0.717) is 23.7 Å². The first kappa shape index (κ1) is 11.2. The van der Waals surface area contributed by atoms with Crippen molar-refractivity contribution < 1.29 is 9.59 Å². The van der Waals surface area contributed by atoms with Crippen molar-refractivity contribution in [1.82, 2.24) is 10.2 Å². The molecule has 3 aliphatic heterocycles. The quantitative estimate of drug-likeness (QED) is 0.814.